The lowest BCUT2D eigenvalue weighted by atomic mass is 9.80. The molecule has 1 fully saturated rings. The van der Waals surface area contributed by atoms with Gasteiger partial charge in [0.2, 0.25) is 0 Å². The lowest BCUT2D eigenvalue weighted by Crippen LogP contribution is -2.31. The van der Waals surface area contributed by atoms with Gasteiger partial charge >= 0.3 is 0 Å². The summed E-state index contributed by atoms with van der Waals surface area (Å²) in [5.74, 6) is 2.96. The van der Waals surface area contributed by atoms with Crippen molar-refractivity contribution in [1.82, 2.24) is 9.80 Å². The highest BCUT2D eigenvalue weighted by Gasteiger charge is 2.48. The number of nitrogens with zero attached hydrogens (tertiary/aromatic N) is 3. The number of rotatable bonds is 0. The van der Waals surface area contributed by atoms with Crippen molar-refractivity contribution in [2.45, 2.75) is 39.2 Å². The van der Waals surface area contributed by atoms with Crippen LogP contribution in [0.3, 0.4) is 0 Å². The van der Waals surface area contributed by atoms with Crippen LogP contribution in [-0.2, 0) is 0 Å². The minimum Gasteiger partial charge on any atom is -0.332 e. The molecule has 0 radical (unpaired) electrons. The first-order valence-corrected chi connectivity index (χ1v) is 7.47. The maximum atomic E-state index is 4.85. The van der Waals surface area contributed by atoms with Crippen molar-refractivity contribution in [1.29, 1.82) is 0 Å². The molecular formula is C17H21N3. The molecule has 2 unspecified atom stereocenters. The summed E-state index contributed by atoms with van der Waals surface area (Å²) < 4.78 is 0. The highest BCUT2D eigenvalue weighted by Crippen LogP contribution is 2.49. The van der Waals surface area contributed by atoms with E-state index >= 15 is 0 Å². The fourth-order valence-electron chi connectivity index (χ4n) is 3.80. The van der Waals surface area contributed by atoms with E-state index in [4.69, 9.17) is 4.99 Å². The second kappa shape index (κ2) is 3.66. The second-order valence-corrected chi connectivity index (χ2v) is 6.47. The van der Waals surface area contributed by atoms with Crippen LogP contribution < -0.4 is 0 Å². The standard InChI is InChI=1S/C17H21N3/c1-9-6-7-13-10(2)15-11(3)20-12(4)16(20)18-17(15)19(5)14(13)8-9/h9,12H,2-3,6-8H2,1,4-5H3. The van der Waals surface area contributed by atoms with Crippen molar-refractivity contribution in [3.8, 4) is 0 Å². The average molecular weight is 267 g/mol. The van der Waals surface area contributed by atoms with Gasteiger partial charge in [0.15, 0.2) is 0 Å². The van der Waals surface area contributed by atoms with Crippen LogP contribution in [0, 0.1) is 5.92 Å². The number of allylic oxidation sites excluding steroid dienone is 3. The van der Waals surface area contributed by atoms with E-state index in [1.807, 2.05) is 0 Å². The highest BCUT2D eigenvalue weighted by atomic mass is 15.4. The first-order chi connectivity index (χ1) is 9.50. The summed E-state index contributed by atoms with van der Waals surface area (Å²) in [6, 6.07) is 0.408. The van der Waals surface area contributed by atoms with Gasteiger partial charge < -0.3 is 9.80 Å². The third-order valence-electron chi connectivity index (χ3n) is 5.13. The van der Waals surface area contributed by atoms with Gasteiger partial charge in [-0.3, -0.25) is 0 Å². The van der Waals surface area contributed by atoms with E-state index in [1.165, 1.54) is 17.7 Å². The third-order valence-corrected chi connectivity index (χ3v) is 5.13. The molecule has 3 nitrogen and oxygen atoms in total. The Kier molecular flexibility index (Phi) is 2.20. The van der Waals surface area contributed by atoms with Gasteiger partial charge in [0, 0.05) is 24.0 Å². The Morgan fingerprint density at radius 1 is 1.25 bits per heavy atom. The van der Waals surface area contributed by atoms with Gasteiger partial charge in [-0.15, -0.1) is 0 Å². The number of amidine groups is 1. The first kappa shape index (κ1) is 12.0. The maximum Gasteiger partial charge on any atom is 0.144 e. The number of hydrogen-bond acceptors (Lipinski definition) is 3. The van der Waals surface area contributed by atoms with Crippen LogP contribution in [-0.4, -0.2) is 28.7 Å². The number of fused-ring (bicyclic) bond motifs is 1. The van der Waals surface area contributed by atoms with Gasteiger partial charge in [0.05, 0.1) is 6.04 Å². The Bertz CT molecular complexity index is 647. The van der Waals surface area contributed by atoms with Gasteiger partial charge in [0.1, 0.15) is 11.7 Å². The molecule has 2 atom stereocenters. The number of aliphatic imine (C=N–C) groups is 1. The molecule has 4 aliphatic rings. The monoisotopic (exact) mass is 267 g/mol. The van der Waals surface area contributed by atoms with Crippen molar-refractivity contribution in [2.75, 3.05) is 7.05 Å². The Labute approximate surface area is 120 Å². The van der Waals surface area contributed by atoms with Gasteiger partial charge in [0.25, 0.3) is 0 Å². The van der Waals surface area contributed by atoms with Crippen LogP contribution in [0.1, 0.15) is 33.1 Å². The zero-order chi connectivity index (χ0) is 14.2. The lowest BCUT2D eigenvalue weighted by Gasteiger charge is -2.39. The van der Waals surface area contributed by atoms with Crippen LogP contribution in [0.5, 0.6) is 0 Å². The summed E-state index contributed by atoms with van der Waals surface area (Å²) in [4.78, 5) is 9.35. The smallest absolute Gasteiger partial charge is 0.144 e. The van der Waals surface area contributed by atoms with E-state index < -0.39 is 0 Å². The zero-order valence-electron chi connectivity index (χ0n) is 12.5. The minimum atomic E-state index is 0.408. The largest absolute Gasteiger partial charge is 0.332 e. The lowest BCUT2D eigenvalue weighted by molar-refractivity contribution is 0.386. The van der Waals surface area contributed by atoms with E-state index in [0.29, 0.717) is 6.04 Å². The van der Waals surface area contributed by atoms with E-state index in [0.717, 1.165) is 47.3 Å². The Morgan fingerprint density at radius 2 is 2.00 bits per heavy atom. The van der Waals surface area contributed by atoms with Gasteiger partial charge in [-0.2, -0.15) is 0 Å². The Morgan fingerprint density at radius 3 is 2.75 bits per heavy atom. The summed E-state index contributed by atoms with van der Waals surface area (Å²) in [6.07, 6.45) is 3.53. The number of hydrogen-bond donors (Lipinski definition) is 0. The van der Waals surface area contributed by atoms with Crippen molar-refractivity contribution < 1.29 is 0 Å². The molecular weight excluding hydrogens is 246 g/mol. The molecule has 3 heterocycles. The topological polar surface area (TPSA) is 18.6 Å². The average Bonchev–Trinajstić information content (AvgIpc) is 3.07. The molecule has 0 aromatic heterocycles. The van der Waals surface area contributed by atoms with Crippen molar-refractivity contribution >= 4 is 5.84 Å². The molecule has 0 bridgehead atoms. The van der Waals surface area contributed by atoms with Crippen molar-refractivity contribution in [3.05, 3.63) is 47.1 Å². The second-order valence-electron chi connectivity index (χ2n) is 6.47. The molecule has 0 N–H and O–H groups in total. The van der Waals surface area contributed by atoms with Crippen LogP contribution in [0.4, 0.5) is 0 Å². The maximum absolute atomic E-state index is 4.85. The van der Waals surface area contributed by atoms with Crippen molar-refractivity contribution in [3.63, 3.8) is 0 Å². The Balaban J connectivity index is 1.83. The van der Waals surface area contributed by atoms with Crippen molar-refractivity contribution in [2.24, 2.45) is 10.9 Å². The molecule has 0 aromatic rings. The SMILES string of the molecule is C=C1C2=C(CC(C)CC2)N(C)C2=C1C(=C)N1C(=N2)C1C. The third kappa shape index (κ3) is 1.33. The normalized spacial score (nSPS) is 32.0. The van der Waals surface area contributed by atoms with Crippen LogP contribution >= 0.6 is 0 Å². The summed E-state index contributed by atoms with van der Waals surface area (Å²) in [5.41, 5.74) is 6.25. The Hall–Kier alpha value is -1.77. The minimum absolute atomic E-state index is 0.408. The molecule has 3 aliphatic heterocycles. The predicted octanol–water partition coefficient (Wildman–Crippen LogP) is 3.40. The van der Waals surface area contributed by atoms with E-state index in [1.54, 1.807) is 0 Å². The first-order valence-electron chi connectivity index (χ1n) is 7.47. The van der Waals surface area contributed by atoms with E-state index in [-0.39, 0.29) is 0 Å². The van der Waals surface area contributed by atoms with Gasteiger partial charge in [-0.05, 0) is 43.3 Å². The van der Waals surface area contributed by atoms with E-state index in [9.17, 15) is 0 Å². The molecule has 0 amide bonds. The van der Waals surface area contributed by atoms with E-state index in [2.05, 4.69) is 43.9 Å². The molecule has 20 heavy (non-hydrogen) atoms. The fourth-order valence-corrected chi connectivity index (χ4v) is 3.80. The molecule has 3 heteroatoms. The molecule has 1 saturated heterocycles. The van der Waals surface area contributed by atoms with Crippen LogP contribution in [0.25, 0.3) is 0 Å². The highest BCUT2D eigenvalue weighted by molar-refractivity contribution is 6.05. The molecule has 0 saturated carbocycles. The fraction of sp³-hybridized carbons (Fsp3) is 0.471. The van der Waals surface area contributed by atoms with Gasteiger partial charge in [-0.1, -0.05) is 20.1 Å². The summed E-state index contributed by atoms with van der Waals surface area (Å²) in [7, 11) is 2.15. The molecule has 0 spiro atoms. The summed E-state index contributed by atoms with van der Waals surface area (Å²) >= 11 is 0. The molecule has 4 rings (SSSR count). The predicted molar refractivity (Wildman–Crippen MR) is 81.8 cm³/mol. The van der Waals surface area contributed by atoms with Crippen LogP contribution in [0.15, 0.2) is 52.1 Å². The molecule has 0 aromatic carbocycles. The molecule has 104 valence electrons. The quantitative estimate of drug-likeness (QED) is 0.626. The summed E-state index contributed by atoms with van der Waals surface area (Å²) in [6.45, 7) is 13.2. The summed E-state index contributed by atoms with van der Waals surface area (Å²) in [5, 5.41) is 0. The van der Waals surface area contributed by atoms with Gasteiger partial charge in [-0.25, -0.2) is 4.99 Å². The zero-order valence-corrected chi connectivity index (χ0v) is 12.5. The molecule has 1 aliphatic carbocycles. The van der Waals surface area contributed by atoms with Crippen LogP contribution in [0.2, 0.25) is 0 Å².